The molecule has 1 aromatic carbocycles. The van der Waals surface area contributed by atoms with E-state index in [1.54, 1.807) is 6.07 Å². The Morgan fingerprint density at radius 1 is 1.50 bits per heavy atom. The fraction of sp³-hybridized carbons (Fsp3) is 0.538. The van der Waals surface area contributed by atoms with Crippen molar-refractivity contribution in [3.05, 3.63) is 34.6 Å². The topological polar surface area (TPSA) is 26.0 Å². The van der Waals surface area contributed by atoms with E-state index in [0.29, 0.717) is 12.5 Å². The molecule has 1 atom stereocenters. The van der Waals surface area contributed by atoms with E-state index < -0.39 is 0 Å². The first-order valence-electron chi connectivity index (χ1n) is 5.69. The standard InChI is InChI=1S/C13H17ClFN/c1-13(8-16,10-3-4-10)7-9-2-5-11(14)12(15)6-9/h2,5-6,10H,3-4,7-8,16H2,1H3. The number of halogens is 2. The molecule has 2 rings (SSSR count). The van der Waals surface area contributed by atoms with Crippen molar-refractivity contribution in [3.63, 3.8) is 0 Å². The summed E-state index contributed by atoms with van der Waals surface area (Å²) >= 11 is 5.66. The van der Waals surface area contributed by atoms with E-state index in [1.807, 2.05) is 6.07 Å². The lowest BCUT2D eigenvalue weighted by Crippen LogP contribution is -2.31. The third-order valence-corrected chi connectivity index (χ3v) is 3.93. The predicted molar refractivity (Wildman–Crippen MR) is 65.0 cm³/mol. The van der Waals surface area contributed by atoms with Gasteiger partial charge < -0.3 is 5.73 Å². The molecule has 2 N–H and O–H groups in total. The second kappa shape index (κ2) is 4.34. The summed E-state index contributed by atoms with van der Waals surface area (Å²) in [4.78, 5) is 0. The average Bonchev–Trinajstić information content (AvgIpc) is 3.07. The van der Waals surface area contributed by atoms with Crippen LogP contribution >= 0.6 is 11.6 Å². The maximum Gasteiger partial charge on any atom is 0.142 e. The van der Waals surface area contributed by atoms with Crippen molar-refractivity contribution in [2.75, 3.05) is 6.54 Å². The summed E-state index contributed by atoms with van der Waals surface area (Å²) in [6.45, 7) is 2.85. The lowest BCUT2D eigenvalue weighted by molar-refractivity contribution is 0.281. The van der Waals surface area contributed by atoms with Gasteiger partial charge in [-0.15, -0.1) is 0 Å². The van der Waals surface area contributed by atoms with Gasteiger partial charge in [0.15, 0.2) is 0 Å². The summed E-state index contributed by atoms with van der Waals surface area (Å²) in [5.41, 5.74) is 6.94. The minimum atomic E-state index is -0.339. The fourth-order valence-electron chi connectivity index (χ4n) is 2.28. The molecule has 1 unspecified atom stereocenters. The van der Waals surface area contributed by atoms with Crippen LogP contribution in [0.1, 0.15) is 25.3 Å². The molecule has 16 heavy (non-hydrogen) atoms. The molecule has 1 saturated carbocycles. The maximum atomic E-state index is 13.3. The van der Waals surface area contributed by atoms with Crippen molar-refractivity contribution < 1.29 is 4.39 Å². The van der Waals surface area contributed by atoms with E-state index in [9.17, 15) is 4.39 Å². The number of hydrogen-bond donors (Lipinski definition) is 1. The molecule has 1 fully saturated rings. The van der Waals surface area contributed by atoms with Crippen molar-refractivity contribution in [2.24, 2.45) is 17.1 Å². The summed E-state index contributed by atoms with van der Waals surface area (Å²) in [6, 6.07) is 5.04. The zero-order chi connectivity index (χ0) is 11.8. The van der Waals surface area contributed by atoms with Gasteiger partial charge in [-0.05, 0) is 54.8 Å². The van der Waals surface area contributed by atoms with Crippen LogP contribution in [0.3, 0.4) is 0 Å². The van der Waals surface area contributed by atoms with Gasteiger partial charge in [-0.2, -0.15) is 0 Å². The minimum absolute atomic E-state index is 0.111. The van der Waals surface area contributed by atoms with Crippen LogP contribution in [0.4, 0.5) is 4.39 Å². The highest BCUT2D eigenvalue weighted by atomic mass is 35.5. The molecule has 1 aromatic rings. The van der Waals surface area contributed by atoms with Crippen molar-refractivity contribution in [2.45, 2.75) is 26.2 Å². The first kappa shape index (κ1) is 11.9. The van der Waals surface area contributed by atoms with Crippen LogP contribution < -0.4 is 5.73 Å². The lowest BCUT2D eigenvalue weighted by atomic mass is 9.79. The number of hydrogen-bond acceptors (Lipinski definition) is 1. The molecule has 0 aliphatic heterocycles. The summed E-state index contributed by atoms with van der Waals surface area (Å²) in [5.74, 6) is 0.366. The van der Waals surface area contributed by atoms with E-state index >= 15 is 0 Å². The molecule has 0 aromatic heterocycles. The van der Waals surface area contributed by atoms with Gasteiger partial charge in [0.2, 0.25) is 0 Å². The monoisotopic (exact) mass is 241 g/mol. The fourth-order valence-corrected chi connectivity index (χ4v) is 2.40. The molecule has 88 valence electrons. The predicted octanol–water partition coefficient (Wildman–Crippen LogP) is 3.40. The SMILES string of the molecule is CC(CN)(Cc1ccc(Cl)c(F)c1)C1CC1. The molecule has 0 saturated heterocycles. The van der Waals surface area contributed by atoms with Gasteiger partial charge in [0.25, 0.3) is 0 Å². The Balaban J connectivity index is 2.15. The second-order valence-electron chi connectivity index (χ2n) is 5.06. The Bertz CT molecular complexity index is 390. The quantitative estimate of drug-likeness (QED) is 0.859. The van der Waals surface area contributed by atoms with Crippen LogP contribution in [-0.4, -0.2) is 6.54 Å². The Morgan fingerprint density at radius 2 is 2.19 bits per heavy atom. The smallest absolute Gasteiger partial charge is 0.142 e. The molecule has 0 spiro atoms. The van der Waals surface area contributed by atoms with Crippen LogP contribution in [0.25, 0.3) is 0 Å². The molecular formula is C13H17ClFN. The lowest BCUT2D eigenvalue weighted by Gasteiger charge is -2.28. The second-order valence-corrected chi connectivity index (χ2v) is 5.46. The van der Waals surface area contributed by atoms with Gasteiger partial charge in [0.1, 0.15) is 5.82 Å². The largest absolute Gasteiger partial charge is 0.330 e. The zero-order valence-corrected chi connectivity index (χ0v) is 10.2. The highest BCUT2D eigenvalue weighted by Crippen LogP contribution is 2.46. The summed E-state index contributed by atoms with van der Waals surface area (Å²) < 4.78 is 13.3. The molecule has 3 heteroatoms. The average molecular weight is 242 g/mol. The Labute approximate surface area is 101 Å². The van der Waals surface area contributed by atoms with Crippen LogP contribution in [0, 0.1) is 17.2 Å². The first-order valence-corrected chi connectivity index (χ1v) is 6.07. The van der Waals surface area contributed by atoms with Crippen molar-refractivity contribution in [1.29, 1.82) is 0 Å². The maximum absolute atomic E-state index is 13.3. The number of rotatable bonds is 4. The highest BCUT2D eigenvalue weighted by molar-refractivity contribution is 6.30. The van der Waals surface area contributed by atoms with Crippen molar-refractivity contribution in [1.82, 2.24) is 0 Å². The van der Waals surface area contributed by atoms with Crippen LogP contribution in [0.2, 0.25) is 5.02 Å². The van der Waals surface area contributed by atoms with Crippen molar-refractivity contribution >= 4 is 11.6 Å². The Hall–Kier alpha value is -0.600. The molecule has 1 aliphatic rings. The molecule has 0 amide bonds. The zero-order valence-electron chi connectivity index (χ0n) is 9.47. The molecular weight excluding hydrogens is 225 g/mol. The van der Waals surface area contributed by atoms with E-state index in [4.69, 9.17) is 17.3 Å². The summed E-state index contributed by atoms with van der Waals surface area (Å²) in [5, 5.41) is 0.185. The Morgan fingerprint density at radius 3 is 2.69 bits per heavy atom. The van der Waals surface area contributed by atoms with E-state index in [0.717, 1.165) is 12.0 Å². The molecule has 1 aliphatic carbocycles. The van der Waals surface area contributed by atoms with Gasteiger partial charge in [-0.25, -0.2) is 4.39 Å². The van der Waals surface area contributed by atoms with Crippen LogP contribution in [0.15, 0.2) is 18.2 Å². The van der Waals surface area contributed by atoms with E-state index in [1.165, 1.54) is 18.9 Å². The minimum Gasteiger partial charge on any atom is -0.330 e. The number of nitrogens with two attached hydrogens (primary N) is 1. The molecule has 0 radical (unpaired) electrons. The Kier molecular flexibility index (Phi) is 3.22. The van der Waals surface area contributed by atoms with Gasteiger partial charge in [-0.1, -0.05) is 24.6 Å². The molecule has 0 bridgehead atoms. The molecule has 1 nitrogen and oxygen atoms in total. The summed E-state index contributed by atoms with van der Waals surface area (Å²) in [7, 11) is 0. The van der Waals surface area contributed by atoms with Gasteiger partial charge in [0, 0.05) is 0 Å². The molecule has 0 heterocycles. The summed E-state index contributed by atoms with van der Waals surface area (Å²) in [6.07, 6.45) is 3.34. The van der Waals surface area contributed by atoms with Gasteiger partial charge in [0.05, 0.1) is 5.02 Å². The normalized spacial score (nSPS) is 19.5. The van der Waals surface area contributed by atoms with Crippen LogP contribution in [-0.2, 0) is 6.42 Å². The third kappa shape index (κ3) is 2.38. The van der Waals surface area contributed by atoms with Crippen molar-refractivity contribution in [3.8, 4) is 0 Å². The first-order chi connectivity index (χ1) is 7.55. The highest BCUT2D eigenvalue weighted by Gasteiger charge is 2.40. The van der Waals surface area contributed by atoms with E-state index in [-0.39, 0.29) is 16.3 Å². The number of benzene rings is 1. The van der Waals surface area contributed by atoms with Gasteiger partial charge in [-0.3, -0.25) is 0 Å². The van der Waals surface area contributed by atoms with Gasteiger partial charge >= 0.3 is 0 Å². The van der Waals surface area contributed by atoms with Crippen LogP contribution in [0.5, 0.6) is 0 Å². The third-order valence-electron chi connectivity index (χ3n) is 3.62. The van der Waals surface area contributed by atoms with E-state index in [2.05, 4.69) is 6.92 Å².